The number of nitrogens with one attached hydrogen (secondary N) is 1. The van der Waals surface area contributed by atoms with Crippen LogP contribution in [0.5, 0.6) is 0 Å². The number of aryl methyl sites for hydroxylation is 1. The Balaban J connectivity index is 1.92. The van der Waals surface area contributed by atoms with Gasteiger partial charge in [-0.3, -0.25) is 15.0 Å². The molecule has 0 aliphatic heterocycles. The number of carbonyl (C=O) groups is 2. The van der Waals surface area contributed by atoms with Crippen LogP contribution in [0.25, 0.3) is 0 Å². The molecule has 0 spiro atoms. The molecule has 1 heterocycles. The van der Waals surface area contributed by atoms with E-state index in [0.29, 0.717) is 6.54 Å². The molecule has 0 radical (unpaired) electrons. The fourth-order valence-corrected chi connectivity index (χ4v) is 3.38. The van der Waals surface area contributed by atoms with Gasteiger partial charge in [0.2, 0.25) is 5.91 Å². The van der Waals surface area contributed by atoms with Gasteiger partial charge in [-0.1, -0.05) is 30.3 Å². The third kappa shape index (κ3) is 6.52. The van der Waals surface area contributed by atoms with Gasteiger partial charge in [-0.2, -0.15) is 0 Å². The first kappa shape index (κ1) is 18.2. The lowest BCUT2D eigenvalue weighted by molar-refractivity contribution is -0.120. The van der Waals surface area contributed by atoms with Crippen molar-refractivity contribution in [2.45, 2.75) is 26.3 Å². The first-order chi connectivity index (χ1) is 11.5. The molecule has 0 aliphatic carbocycles. The standard InChI is InChI=1S/C18H23N3O2S/c1-14-7-8-16(24-14)13-21(12-10-17(22)20-18(19)23)11-9-15-5-3-2-4-6-15/h2-8H,9-13H2,1H3,(H3,19,20,22,23). The molecular formula is C18H23N3O2S. The molecule has 0 bridgehead atoms. The Morgan fingerprint density at radius 1 is 1.12 bits per heavy atom. The molecule has 0 aliphatic rings. The van der Waals surface area contributed by atoms with E-state index in [4.69, 9.17) is 5.73 Å². The third-order valence-corrected chi connectivity index (χ3v) is 4.64. The number of benzene rings is 1. The summed E-state index contributed by atoms with van der Waals surface area (Å²) in [5.74, 6) is -0.338. The minimum absolute atomic E-state index is 0.252. The van der Waals surface area contributed by atoms with Crippen LogP contribution in [0.1, 0.15) is 21.7 Å². The van der Waals surface area contributed by atoms with E-state index in [-0.39, 0.29) is 12.3 Å². The third-order valence-electron chi connectivity index (χ3n) is 3.65. The SMILES string of the molecule is Cc1ccc(CN(CCC(=O)NC(N)=O)CCc2ccccc2)s1. The summed E-state index contributed by atoms with van der Waals surface area (Å²) in [5, 5.41) is 2.12. The van der Waals surface area contributed by atoms with E-state index >= 15 is 0 Å². The Hall–Kier alpha value is -2.18. The first-order valence-electron chi connectivity index (χ1n) is 7.94. The maximum atomic E-state index is 11.7. The van der Waals surface area contributed by atoms with E-state index in [9.17, 15) is 9.59 Å². The zero-order valence-electron chi connectivity index (χ0n) is 13.8. The van der Waals surface area contributed by atoms with Crippen LogP contribution in [-0.2, 0) is 17.8 Å². The largest absolute Gasteiger partial charge is 0.351 e. The summed E-state index contributed by atoms with van der Waals surface area (Å²) in [6, 6.07) is 13.7. The molecule has 0 saturated carbocycles. The van der Waals surface area contributed by atoms with Gasteiger partial charge in [-0.15, -0.1) is 11.3 Å². The van der Waals surface area contributed by atoms with Crippen molar-refractivity contribution in [1.29, 1.82) is 0 Å². The van der Waals surface area contributed by atoms with Gasteiger partial charge in [0.15, 0.2) is 0 Å². The van der Waals surface area contributed by atoms with Crippen LogP contribution in [0.3, 0.4) is 0 Å². The minimum atomic E-state index is -0.801. The smallest absolute Gasteiger partial charge is 0.318 e. The molecule has 0 saturated heterocycles. The molecule has 2 rings (SSSR count). The molecule has 1 aromatic heterocycles. The Labute approximate surface area is 146 Å². The number of primary amides is 1. The molecule has 5 nitrogen and oxygen atoms in total. The van der Waals surface area contributed by atoms with E-state index in [1.807, 2.05) is 18.2 Å². The molecular weight excluding hydrogens is 322 g/mol. The Kier molecular flexibility index (Phi) is 6.96. The van der Waals surface area contributed by atoms with E-state index in [1.165, 1.54) is 15.3 Å². The highest BCUT2D eigenvalue weighted by Crippen LogP contribution is 2.17. The van der Waals surface area contributed by atoms with Gasteiger partial charge in [0.1, 0.15) is 0 Å². The number of imide groups is 1. The summed E-state index contributed by atoms with van der Waals surface area (Å²) in [6.45, 7) is 4.33. The molecule has 3 amide bonds. The van der Waals surface area contributed by atoms with Crippen LogP contribution in [0.4, 0.5) is 4.79 Å². The molecule has 24 heavy (non-hydrogen) atoms. The molecule has 3 N–H and O–H groups in total. The molecule has 0 atom stereocenters. The van der Waals surface area contributed by atoms with Gasteiger partial charge < -0.3 is 5.73 Å². The molecule has 2 aromatic rings. The van der Waals surface area contributed by atoms with Crippen molar-refractivity contribution in [3.63, 3.8) is 0 Å². The van der Waals surface area contributed by atoms with Gasteiger partial charge in [-0.25, -0.2) is 4.79 Å². The van der Waals surface area contributed by atoms with Crippen LogP contribution in [0.15, 0.2) is 42.5 Å². The van der Waals surface area contributed by atoms with E-state index in [0.717, 1.165) is 19.5 Å². The monoisotopic (exact) mass is 345 g/mol. The fraction of sp³-hybridized carbons (Fsp3) is 0.333. The number of hydrogen-bond donors (Lipinski definition) is 2. The van der Waals surface area contributed by atoms with Crippen molar-refractivity contribution >= 4 is 23.3 Å². The van der Waals surface area contributed by atoms with E-state index < -0.39 is 6.03 Å². The van der Waals surface area contributed by atoms with Crippen LogP contribution in [-0.4, -0.2) is 29.9 Å². The Bertz CT molecular complexity index is 670. The fourth-order valence-electron chi connectivity index (χ4n) is 2.45. The highest BCUT2D eigenvalue weighted by molar-refractivity contribution is 7.11. The summed E-state index contributed by atoms with van der Waals surface area (Å²) < 4.78 is 0. The number of rotatable bonds is 8. The maximum Gasteiger partial charge on any atom is 0.318 e. The molecule has 0 fully saturated rings. The number of nitrogens with zero attached hydrogens (tertiary/aromatic N) is 1. The minimum Gasteiger partial charge on any atom is -0.351 e. The van der Waals surface area contributed by atoms with E-state index in [1.54, 1.807) is 11.3 Å². The van der Waals surface area contributed by atoms with Crippen LogP contribution in [0, 0.1) is 6.92 Å². The topological polar surface area (TPSA) is 75.4 Å². The normalized spacial score (nSPS) is 10.8. The highest BCUT2D eigenvalue weighted by atomic mass is 32.1. The van der Waals surface area contributed by atoms with Gasteiger partial charge in [0, 0.05) is 35.8 Å². The van der Waals surface area contributed by atoms with Crippen molar-refractivity contribution in [2.75, 3.05) is 13.1 Å². The lowest BCUT2D eigenvalue weighted by Crippen LogP contribution is -2.37. The first-order valence-corrected chi connectivity index (χ1v) is 8.75. The lowest BCUT2D eigenvalue weighted by atomic mass is 10.1. The number of nitrogens with two attached hydrogens (primary N) is 1. The lowest BCUT2D eigenvalue weighted by Gasteiger charge is -2.21. The van der Waals surface area contributed by atoms with Crippen molar-refractivity contribution in [1.82, 2.24) is 10.2 Å². The quantitative estimate of drug-likeness (QED) is 0.772. The van der Waals surface area contributed by atoms with Gasteiger partial charge in [0.05, 0.1) is 0 Å². The van der Waals surface area contributed by atoms with Crippen LogP contribution < -0.4 is 11.1 Å². The molecule has 0 unspecified atom stereocenters. The number of amides is 3. The van der Waals surface area contributed by atoms with Gasteiger partial charge >= 0.3 is 6.03 Å². The molecule has 6 heteroatoms. The van der Waals surface area contributed by atoms with Gasteiger partial charge in [-0.05, 0) is 31.0 Å². The van der Waals surface area contributed by atoms with Crippen molar-refractivity contribution in [3.8, 4) is 0 Å². The second-order valence-corrected chi connectivity index (χ2v) is 7.06. The van der Waals surface area contributed by atoms with Crippen molar-refractivity contribution in [2.24, 2.45) is 5.73 Å². The second-order valence-electron chi connectivity index (χ2n) is 5.69. The Morgan fingerprint density at radius 3 is 2.50 bits per heavy atom. The van der Waals surface area contributed by atoms with Gasteiger partial charge in [0.25, 0.3) is 0 Å². The maximum absolute atomic E-state index is 11.7. The number of carbonyl (C=O) groups excluding carboxylic acids is 2. The highest BCUT2D eigenvalue weighted by Gasteiger charge is 2.11. The van der Waals surface area contributed by atoms with Crippen LogP contribution >= 0.6 is 11.3 Å². The number of hydrogen-bond acceptors (Lipinski definition) is 4. The summed E-state index contributed by atoms with van der Waals surface area (Å²) in [6.07, 6.45) is 1.17. The predicted molar refractivity (Wildman–Crippen MR) is 96.8 cm³/mol. The second kappa shape index (κ2) is 9.20. The zero-order chi connectivity index (χ0) is 17.4. The number of urea groups is 1. The average molecular weight is 345 g/mol. The zero-order valence-corrected chi connectivity index (χ0v) is 14.6. The molecule has 1 aromatic carbocycles. The number of thiophene rings is 1. The summed E-state index contributed by atoms with van der Waals surface area (Å²) >= 11 is 1.77. The van der Waals surface area contributed by atoms with Crippen molar-refractivity contribution in [3.05, 3.63) is 57.8 Å². The summed E-state index contributed by atoms with van der Waals surface area (Å²) in [5.41, 5.74) is 6.25. The summed E-state index contributed by atoms with van der Waals surface area (Å²) in [7, 11) is 0. The predicted octanol–water partition coefficient (Wildman–Crippen LogP) is 2.69. The van der Waals surface area contributed by atoms with E-state index in [2.05, 4.69) is 41.4 Å². The Morgan fingerprint density at radius 2 is 1.88 bits per heavy atom. The van der Waals surface area contributed by atoms with Crippen molar-refractivity contribution < 1.29 is 9.59 Å². The average Bonchev–Trinajstić information content (AvgIpc) is 2.95. The summed E-state index contributed by atoms with van der Waals surface area (Å²) in [4.78, 5) is 27.2. The van der Waals surface area contributed by atoms with Crippen LogP contribution in [0.2, 0.25) is 0 Å². The molecule has 128 valence electrons.